The number of rotatable bonds is 4. The van der Waals surface area contributed by atoms with Crippen molar-refractivity contribution in [3.63, 3.8) is 0 Å². The minimum Gasteiger partial charge on any atom is -0.481 e. The van der Waals surface area contributed by atoms with Crippen LogP contribution in [0.3, 0.4) is 0 Å². The molecule has 1 rings (SSSR count). The molecule has 5 heteroatoms. The van der Waals surface area contributed by atoms with E-state index in [1.807, 2.05) is 0 Å². The predicted octanol–water partition coefficient (Wildman–Crippen LogP) is 0.836. The van der Waals surface area contributed by atoms with Crippen molar-refractivity contribution in [2.45, 2.75) is 6.92 Å². The van der Waals surface area contributed by atoms with Gasteiger partial charge in [-0.3, -0.25) is 4.79 Å². The van der Waals surface area contributed by atoms with Gasteiger partial charge in [0.05, 0.1) is 5.41 Å². The smallest absolute Gasteiger partial charge is 0.331 e. The zero-order valence-electron chi connectivity index (χ0n) is 10.2. The van der Waals surface area contributed by atoms with E-state index in [9.17, 15) is 14.7 Å². The molecule has 2 unspecified atom stereocenters. The van der Waals surface area contributed by atoms with Gasteiger partial charge >= 0.3 is 11.9 Å². The minimum atomic E-state index is -1.17. The maximum absolute atomic E-state index is 11.3. The van der Waals surface area contributed by atoms with Gasteiger partial charge in [0, 0.05) is 18.0 Å². The van der Waals surface area contributed by atoms with E-state index < -0.39 is 23.3 Å². The first kappa shape index (κ1) is 13.4. The molecule has 17 heavy (non-hydrogen) atoms. The highest BCUT2D eigenvalue weighted by Crippen LogP contribution is 2.38. The van der Waals surface area contributed by atoms with Gasteiger partial charge in [0.1, 0.15) is 0 Å². The van der Waals surface area contributed by atoms with Crippen molar-refractivity contribution in [1.29, 1.82) is 0 Å². The Labute approximate surface area is 100 Å². The molecule has 0 bridgehead atoms. The molecule has 94 valence electrons. The van der Waals surface area contributed by atoms with Gasteiger partial charge < -0.3 is 15.1 Å². The molecular weight excluding hydrogens is 222 g/mol. The average molecular weight is 239 g/mol. The van der Waals surface area contributed by atoms with Gasteiger partial charge in [0.25, 0.3) is 0 Å². The van der Waals surface area contributed by atoms with Crippen LogP contribution in [0.2, 0.25) is 0 Å². The van der Waals surface area contributed by atoms with Crippen LogP contribution in [0, 0.1) is 11.3 Å². The minimum absolute atomic E-state index is 0.145. The summed E-state index contributed by atoms with van der Waals surface area (Å²) in [5.74, 6) is -2.63. The maximum atomic E-state index is 11.3. The van der Waals surface area contributed by atoms with Gasteiger partial charge in [0.15, 0.2) is 0 Å². The van der Waals surface area contributed by atoms with Crippen molar-refractivity contribution >= 4 is 11.9 Å². The number of carboxylic acid groups (broad SMARTS) is 2. The molecule has 0 spiro atoms. The average Bonchev–Trinajstić information content (AvgIpc) is 2.19. The lowest BCUT2D eigenvalue weighted by molar-refractivity contribution is -0.148. The standard InChI is InChI=1S/C12H17NO4/c1-12(11(16)17)6-4-5-8(10(14)15)9(12)7-13(2)3/h4-6,9H,7H2,1-3H3,(H,14,15)(H,16,17). The second kappa shape index (κ2) is 4.71. The lowest BCUT2D eigenvalue weighted by Gasteiger charge is -2.35. The molecule has 0 aromatic heterocycles. The number of allylic oxidation sites excluding steroid dienone is 2. The van der Waals surface area contributed by atoms with Crippen molar-refractivity contribution in [2.24, 2.45) is 11.3 Å². The molecular formula is C12H17NO4. The lowest BCUT2D eigenvalue weighted by atomic mass is 9.70. The third kappa shape index (κ3) is 2.55. The van der Waals surface area contributed by atoms with Gasteiger partial charge in [-0.1, -0.05) is 18.2 Å². The molecule has 1 aliphatic rings. The Balaban J connectivity index is 3.18. The van der Waals surface area contributed by atoms with Gasteiger partial charge in [-0.2, -0.15) is 0 Å². The van der Waals surface area contributed by atoms with Crippen LogP contribution in [0.4, 0.5) is 0 Å². The topological polar surface area (TPSA) is 77.8 Å². The first-order chi connectivity index (χ1) is 7.79. The first-order valence-electron chi connectivity index (χ1n) is 5.30. The molecule has 0 radical (unpaired) electrons. The highest BCUT2D eigenvalue weighted by atomic mass is 16.4. The van der Waals surface area contributed by atoms with Crippen LogP contribution in [-0.2, 0) is 9.59 Å². The Hall–Kier alpha value is -1.62. The molecule has 0 saturated heterocycles. The third-order valence-corrected chi connectivity index (χ3v) is 3.07. The van der Waals surface area contributed by atoms with Crippen LogP contribution in [0.5, 0.6) is 0 Å². The molecule has 0 heterocycles. The Morgan fingerprint density at radius 1 is 1.41 bits per heavy atom. The third-order valence-electron chi connectivity index (χ3n) is 3.07. The van der Waals surface area contributed by atoms with Crippen molar-refractivity contribution in [3.8, 4) is 0 Å². The number of hydrogen-bond acceptors (Lipinski definition) is 3. The number of nitrogens with zero attached hydrogens (tertiary/aromatic N) is 1. The predicted molar refractivity (Wildman–Crippen MR) is 62.6 cm³/mol. The van der Waals surface area contributed by atoms with Crippen LogP contribution < -0.4 is 0 Å². The number of aliphatic carboxylic acids is 2. The largest absolute Gasteiger partial charge is 0.481 e. The summed E-state index contributed by atoms with van der Waals surface area (Å²) in [6, 6.07) is 0. The van der Waals surface area contributed by atoms with E-state index in [2.05, 4.69) is 0 Å². The SMILES string of the molecule is CN(C)CC1C(C(=O)O)=CC=CC1(C)C(=O)O. The zero-order chi connectivity index (χ0) is 13.2. The summed E-state index contributed by atoms with van der Waals surface area (Å²) >= 11 is 0. The van der Waals surface area contributed by atoms with E-state index in [0.29, 0.717) is 6.54 Å². The van der Waals surface area contributed by atoms with Gasteiger partial charge in [-0.15, -0.1) is 0 Å². The highest BCUT2D eigenvalue weighted by Gasteiger charge is 2.44. The number of carboxylic acids is 2. The Morgan fingerprint density at radius 2 is 2.00 bits per heavy atom. The molecule has 0 aromatic carbocycles. The Kier molecular flexibility index (Phi) is 3.72. The van der Waals surface area contributed by atoms with E-state index in [1.165, 1.54) is 12.2 Å². The zero-order valence-corrected chi connectivity index (χ0v) is 10.2. The van der Waals surface area contributed by atoms with E-state index >= 15 is 0 Å². The summed E-state index contributed by atoms with van der Waals surface area (Å²) < 4.78 is 0. The Morgan fingerprint density at radius 3 is 2.41 bits per heavy atom. The first-order valence-corrected chi connectivity index (χ1v) is 5.30. The van der Waals surface area contributed by atoms with Crippen molar-refractivity contribution in [2.75, 3.05) is 20.6 Å². The highest BCUT2D eigenvalue weighted by molar-refractivity contribution is 5.91. The number of carbonyl (C=O) groups is 2. The van der Waals surface area contributed by atoms with Crippen molar-refractivity contribution in [1.82, 2.24) is 4.90 Å². The summed E-state index contributed by atoms with van der Waals surface area (Å²) in [6.45, 7) is 1.93. The second-order valence-electron chi connectivity index (χ2n) is 4.69. The molecule has 2 atom stereocenters. The summed E-state index contributed by atoms with van der Waals surface area (Å²) in [5, 5.41) is 18.4. The molecule has 2 N–H and O–H groups in total. The number of hydrogen-bond donors (Lipinski definition) is 2. The normalized spacial score (nSPS) is 28.0. The van der Waals surface area contributed by atoms with Crippen LogP contribution >= 0.6 is 0 Å². The molecule has 0 aliphatic heterocycles. The van der Waals surface area contributed by atoms with E-state index in [4.69, 9.17) is 5.11 Å². The molecule has 5 nitrogen and oxygen atoms in total. The molecule has 1 aliphatic carbocycles. The molecule has 0 fully saturated rings. The summed E-state index contributed by atoms with van der Waals surface area (Å²) in [4.78, 5) is 24.3. The van der Waals surface area contributed by atoms with Crippen molar-refractivity contribution in [3.05, 3.63) is 23.8 Å². The van der Waals surface area contributed by atoms with E-state index in [-0.39, 0.29) is 5.57 Å². The van der Waals surface area contributed by atoms with Gasteiger partial charge in [-0.05, 0) is 21.0 Å². The second-order valence-corrected chi connectivity index (χ2v) is 4.69. The van der Waals surface area contributed by atoms with Gasteiger partial charge in [-0.25, -0.2) is 4.79 Å². The summed E-state index contributed by atoms with van der Waals surface area (Å²) in [5.41, 5.74) is -1.03. The Bertz CT molecular complexity index is 397. The molecule has 0 aromatic rings. The van der Waals surface area contributed by atoms with E-state index in [1.54, 1.807) is 32.0 Å². The summed E-state index contributed by atoms with van der Waals surface area (Å²) in [6.07, 6.45) is 4.53. The van der Waals surface area contributed by atoms with Crippen LogP contribution in [0.25, 0.3) is 0 Å². The molecule has 0 saturated carbocycles. The van der Waals surface area contributed by atoms with Crippen LogP contribution in [0.15, 0.2) is 23.8 Å². The fourth-order valence-electron chi connectivity index (χ4n) is 2.00. The fraction of sp³-hybridized carbons (Fsp3) is 0.500. The van der Waals surface area contributed by atoms with Gasteiger partial charge in [0.2, 0.25) is 0 Å². The quantitative estimate of drug-likeness (QED) is 0.760. The summed E-state index contributed by atoms with van der Waals surface area (Å²) in [7, 11) is 3.58. The maximum Gasteiger partial charge on any atom is 0.331 e. The monoisotopic (exact) mass is 239 g/mol. The lowest BCUT2D eigenvalue weighted by Crippen LogP contribution is -2.43. The fourth-order valence-corrected chi connectivity index (χ4v) is 2.00. The van der Waals surface area contributed by atoms with E-state index in [0.717, 1.165) is 0 Å². The van der Waals surface area contributed by atoms with Crippen LogP contribution in [-0.4, -0.2) is 47.7 Å². The molecule has 0 amide bonds. The van der Waals surface area contributed by atoms with Crippen molar-refractivity contribution < 1.29 is 19.8 Å². The van der Waals surface area contributed by atoms with Crippen LogP contribution in [0.1, 0.15) is 6.92 Å².